The second kappa shape index (κ2) is 9.01. The smallest absolute Gasteiger partial charge is 0.243 e. The quantitative estimate of drug-likeness (QED) is 0.584. The standard InChI is InChI=1S/C17H34N4O/c1-6-11-18-16(20-13-15(22)21(4)5)19-12-14-7-9-17(2,3)10-8-14/h14H,6-13H2,1-5H3,(H2,18,19,20). The van der Waals surface area contributed by atoms with Crippen LogP contribution in [0.15, 0.2) is 4.99 Å². The summed E-state index contributed by atoms with van der Waals surface area (Å²) in [5.74, 6) is 1.50. The van der Waals surface area contributed by atoms with Gasteiger partial charge in [-0.15, -0.1) is 0 Å². The number of carbonyl (C=O) groups excluding carboxylic acids is 1. The Labute approximate surface area is 135 Å². The van der Waals surface area contributed by atoms with E-state index in [2.05, 4.69) is 36.4 Å². The molecule has 1 aliphatic rings. The fraction of sp³-hybridized carbons (Fsp3) is 0.882. The van der Waals surface area contributed by atoms with Crippen molar-refractivity contribution in [2.75, 3.05) is 33.7 Å². The summed E-state index contributed by atoms with van der Waals surface area (Å²) < 4.78 is 0. The van der Waals surface area contributed by atoms with E-state index < -0.39 is 0 Å². The fourth-order valence-corrected chi connectivity index (χ4v) is 2.61. The van der Waals surface area contributed by atoms with Gasteiger partial charge in [0.25, 0.3) is 0 Å². The molecular formula is C17H34N4O. The Kier molecular flexibility index (Phi) is 7.69. The van der Waals surface area contributed by atoms with E-state index in [9.17, 15) is 4.79 Å². The number of amides is 1. The second-order valence-corrected chi connectivity index (χ2v) is 7.37. The van der Waals surface area contributed by atoms with Gasteiger partial charge in [0.2, 0.25) is 5.91 Å². The SMILES string of the molecule is CCCNC(=NCC(=O)N(C)C)NCC1CCC(C)(C)CC1. The molecule has 2 N–H and O–H groups in total. The molecule has 0 saturated heterocycles. The highest BCUT2D eigenvalue weighted by molar-refractivity contribution is 5.84. The molecule has 0 heterocycles. The first kappa shape index (κ1) is 18.8. The Morgan fingerprint density at radius 1 is 1.23 bits per heavy atom. The number of guanidine groups is 1. The summed E-state index contributed by atoms with van der Waals surface area (Å²) >= 11 is 0. The molecule has 22 heavy (non-hydrogen) atoms. The molecule has 5 nitrogen and oxygen atoms in total. The van der Waals surface area contributed by atoms with E-state index in [4.69, 9.17) is 0 Å². The van der Waals surface area contributed by atoms with Gasteiger partial charge >= 0.3 is 0 Å². The van der Waals surface area contributed by atoms with E-state index in [1.54, 1.807) is 19.0 Å². The van der Waals surface area contributed by atoms with Crippen molar-refractivity contribution in [1.29, 1.82) is 0 Å². The van der Waals surface area contributed by atoms with Gasteiger partial charge < -0.3 is 15.5 Å². The Hall–Kier alpha value is -1.26. The van der Waals surface area contributed by atoms with Crippen LogP contribution in [0.2, 0.25) is 0 Å². The molecule has 0 aromatic carbocycles. The Morgan fingerprint density at radius 2 is 1.86 bits per heavy atom. The molecule has 0 aliphatic heterocycles. The average Bonchev–Trinajstić information content (AvgIpc) is 2.47. The molecule has 1 saturated carbocycles. The maximum Gasteiger partial charge on any atom is 0.243 e. The van der Waals surface area contributed by atoms with Crippen molar-refractivity contribution in [2.24, 2.45) is 16.3 Å². The molecule has 0 radical (unpaired) electrons. The zero-order valence-corrected chi connectivity index (χ0v) is 15.0. The summed E-state index contributed by atoms with van der Waals surface area (Å²) in [6.07, 6.45) is 6.19. The number of nitrogens with one attached hydrogen (secondary N) is 2. The minimum absolute atomic E-state index is 0.0250. The van der Waals surface area contributed by atoms with Crippen molar-refractivity contribution in [3.05, 3.63) is 0 Å². The zero-order valence-electron chi connectivity index (χ0n) is 15.0. The van der Waals surface area contributed by atoms with Gasteiger partial charge in [0.15, 0.2) is 5.96 Å². The molecule has 1 aliphatic carbocycles. The van der Waals surface area contributed by atoms with Crippen molar-refractivity contribution in [3.8, 4) is 0 Å². The lowest BCUT2D eigenvalue weighted by Gasteiger charge is -2.34. The summed E-state index contributed by atoms with van der Waals surface area (Å²) in [4.78, 5) is 17.6. The van der Waals surface area contributed by atoms with E-state index in [0.717, 1.165) is 25.5 Å². The van der Waals surface area contributed by atoms with Crippen LogP contribution in [0.3, 0.4) is 0 Å². The molecule has 128 valence electrons. The van der Waals surface area contributed by atoms with E-state index in [-0.39, 0.29) is 12.5 Å². The van der Waals surface area contributed by atoms with Gasteiger partial charge in [-0.25, -0.2) is 4.99 Å². The van der Waals surface area contributed by atoms with E-state index >= 15 is 0 Å². The maximum atomic E-state index is 11.7. The third-order valence-electron chi connectivity index (χ3n) is 4.43. The predicted octanol–water partition coefficient (Wildman–Crippen LogP) is 2.24. The maximum absolute atomic E-state index is 11.7. The Balaban J connectivity index is 2.44. The third kappa shape index (κ3) is 7.14. The monoisotopic (exact) mass is 310 g/mol. The first-order valence-electron chi connectivity index (χ1n) is 8.56. The Morgan fingerprint density at radius 3 is 2.41 bits per heavy atom. The fourth-order valence-electron chi connectivity index (χ4n) is 2.61. The number of carbonyl (C=O) groups is 1. The number of hydrogen-bond donors (Lipinski definition) is 2. The molecular weight excluding hydrogens is 276 g/mol. The van der Waals surface area contributed by atoms with Crippen LogP contribution in [0.25, 0.3) is 0 Å². The largest absolute Gasteiger partial charge is 0.356 e. The van der Waals surface area contributed by atoms with Gasteiger partial charge in [-0.3, -0.25) is 4.79 Å². The van der Waals surface area contributed by atoms with Crippen molar-refractivity contribution in [1.82, 2.24) is 15.5 Å². The van der Waals surface area contributed by atoms with Crippen LogP contribution in [0, 0.1) is 11.3 Å². The molecule has 1 amide bonds. The van der Waals surface area contributed by atoms with Gasteiger partial charge in [-0.1, -0.05) is 20.8 Å². The highest BCUT2D eigenvalue weighted by Gasteiger charge is 2.26. The topological polar surface area (TPSA) is 56.7 Å². The van der Waals surface area contributed by atoms with Crippen LogP contribution in [0.4, 0.5) is 0 Å². The molecule has 0 aromatic heterocycles. The number of hydrogen-bond acceptors (Lipinski definition) is 2. The van der Waals surface area contributed by atoms with Crippen molar-refractivity contribution in [3.63, 3.8) is 0 Å². The van der Waals surface area contributed by atoms with E-state index in [1.807, 2.05) is 0 Å². The highest BCUT2D eigenvalue weighted by atomic mass is 16.2. The van der Waals surface area contributed by atoms with Gasteiger partial charge in [0.1, 0.15) is 6.54 Å². The van der Waals surface area contributed by atoms with Crippen LogP contribution in [0.5, 0.6) is 0 Å². The molecule has 0 unspecified atom stereocenters. The highest BCUT2D eigenvalue weighted by Crippen LogP contribution is 2.37. The summed E-state index contributed by atoms with van der Waals surface area (Å²) in [7, 11) is 3.52. The lowest BCUT2D eigenvalue weighted by atomic mass is 9.73. The van der Waals surface area contributed by atoms with Crippen LogP contribution < -0.4 is 10.6 Å². The van der Waals surface area contributed by atoms with Crippen molar-refractivity contribution < 1.29 is 4.79 Å². The molecule has 5 heteroatoms. The second-order valence-electron chi connectivity index (χ2n) is 7.37. The molecule has 0 aromatic rings. The van der Waals surface area contributed by atoms with Crippen LogP contribution in [-0.4, -0.2) is 50.5 Å². The van der Waals surface area contributed by atoms with Crippen LogP contribution >= 0.6 is 0 Å². The number of aliphatic imine (C=N–C) groups is 1. The van der Waals surface area contributed by atoms with Gasteiger partial charge in [-0.05, 0) is 43.4 Å². The number of nitrogens with zero attached hydrogens (tertiary/aromatic N) is 2. The minimum atomic E-state index is 0.0250. The number of rotatable bonds is 6. The molecule has 0 spiro atoms. The molecule has 1 rings (SSSR count). The first-order chi connectivity index (χ1) is 10.3. The number of likely N-dealkylation sites (N-methyl/N-ethyl adjacent to an activating group) is 1. The lowest BCUT2D eigenvalue weighted by Crippen LogP contribution is -2.42. The normalized spacial score (nSPS) is 18.9. The van der Waals surface area contributed by atoms with E-state index in [1.165, 1.54) is 25.7 Å². The van der Waals surface area contributed by atoms with E-state index in [0.29, 0.717) is 11.3 Å². The Bertz CT molecular complexity index is 367. The van der Waals surface area contributed by atoms with Crippen molar-refractivity contribution in [2.45, 2.75) is 52.9 Å². The van der Waals surface area contributed by atoms with Crippen LogP contribution in [0.1, 0.15) is 52.9 Å². The lowest BCUT2D eigenvalue weighted by molar-refractivity contribution is -0.127. The van der Waals surface area contributed by atoms with Crippen LogP contribution in [-0.2, 0) is 4.79 Å². The zero-order chi connectivity index (χ0) is 16.6. The first-order valence-corrected chi connectivity index (χ1v) is 8.56. The summed E-state index contributed by atoms with van der Waals surface area (Å²) in [6.45, 7) is 8.86. The minimum Gasteiger partial charge on any atom is -0.356 e. The average molecular weight is 310 g/mol. The summed E-state index contributed by atoms with van der Waals surface area (Å²) in [5.41, 5.74) is 0.506. The molecule has 0 atom stereocenters. The van der Waals surface area contributed by atoms with Crippen molar-refractivity contribution >= 4 is 11.9 Å². The summed E-state index contributed by atoms with van der Waals surface area (Å²) in [5, 5.41) is 6.70. The van der Waals surface area contributed by atoms with Gasteiger partial charge in [0, 0.05) is 27.2 Å². The third-order valence-corrected chi connectivity index (χ3v) is 4.43. The van der Waals surface area contributed by atoms with Gasteiger partial charge in [0.05, 0.1) is 0 Å². The molecule has 0 bridgehead atoms. The summed E-state index contributed by atoms with van der Waals surface area (Å²) in [6, 6.07) is 0. The molecule has 1 fully saturated rings. The predicted molar refractivity (Wildman–Crippen MR) is 93.0 cm³/mol. The van der Waals surface area contributed by atoms with Gasteiger partial charge in [-0.2, -0.15) is 0 Å².